The van der Waals surface area contributed by atoms with Crippen LogP contribution in [0.15, 0.2) is 48.5 Å². The zero-order valence-corrected chi connectivity index (χ0v) is 39.1. The molecule has 6 atom stereocenters. The SMILES string of the molecule is CC(C)N(C[C@@H]1CN[C@H](C(=O)N2CCC(c3ccccc3)CC2)[C@@H](C(=O)NO)C1)C(=O)O.Cc1cc(C#N)ccc1C1CCN(C(=O)[C@H]2NC[C@@H](CC(=O)N3CCCC3)C[C@@H]2C(=O)NO)CC1. The fourth-order valence-corrected chi connectivity index (χ4v) is 10.8. The van der Waals surface area contributed by atoms with E-state index in [2.05, 4.69) is 28.8 Å². The molecule has 5 saturated heterocycles. The summed E-state index contributed by atoms with van der Waals surface area (Å²) in [5.41, 5.74) is 7.66. The molecule has 67 heavy (non-hydrogen) atoms. The molecule has 0 aromatic heterocycles. The Morgan fingerprint density at radius 3 is 1.76 bits per heavy atom. The normalized spacial score (nSPS) is 24.8. The van der Waals surface area contributed by atoms with Crippen molar-refractivity contribution in [3.63, 3.8) is 0 Å². The first kappa shape index (κ1) is 50.8. The van der Waals surface area contributed by atoms with Gasteiger partial charge in [0.25, 0.3) is 0 Å². The summed E-state index contributed by atoms with van der Waals surface area (Å²) in [6.07, 6.45) is 5.46. The maximum Gasteiger partial charge on any atom is 0.407 e. The fourth-order valence-electron chi connectivity index (χ4n) is 10.8. The molecule has 18 nitrogen and oxygen atoms in total. The number of carbonyl (C=O) groups is 6. The van der Waals surface area contributed by atoms with Gasteiger partial charge in [-0.25, -0.2) is 15.8 Å². The standard InChI is InChI=1S/C26H35N5O4.C23H34N4O5/c1-17-12-18(15-27)4-5-21(17)20-6-10-31(11-7-20)26(34)24-22(25(33)29-35)13-19(16-28-24)14-23(32)30-8-2-3-9-30;1-15(2)27(23(30)31)14-16-12-19(21(28)25-32)20(24-13-16)22(29)26-10-8-18(9-11-26)17-6-4-3-5-7-17/h4-5,12,19-20,22,24,28,35H,2-3,6-11,13-14,16H2,1H3,(H,29,33);3-7,15-16,18-20,24,32H,8-14H2,1-2H3,(H,25,28)(H,30,31)/t19-,22+,24+;16-,19-,20-/m10/s1. The second kappa shape index (κ2) is 23.9. The zero-order valence-electron chi connectivity index (χ0n) is 39.1. The summed E-state index contributed by atoms with van der Waals surface area (Å²) >= 11 is 0. The smallest absolute Gasteiger partial charge is 0.407 e. The van der Waals surface area contributed by atoms with Gasteiger partial charge in [-0.3, -0.25) is 34.4 Å². The summed E-state index contributed by atoms with van der Waals surface area (Å²) in [6, 6.07) is 16.6. The van der Waals surface area contributed by atoms with Gasteiger partial charge >= 0.3 is 6.09 Å². The third-order valence-electron chi connectivity index (χ3n) is 14.6. The summed E-state index contributed by atoms with van der Waals surface area (Å²) in [5, 5.41) is 43.5. The predicted octanol–water partition coefficient (Wildman–Crippen LogP) is 3.57. The van der Waals surface area contributed by atoms with Crippen molar-refractivity contribution >= 4 is 35.6 Å². The lowest BCUT2D eigenvalue weighted by molar-refractivity contribution is -0.145. The second-order valence-electron chi connectivity index (χ2n) is 19.3. The molecule has 2 aromatic carbocycles. The van der Waals surface area contributed by atoms with Crippen LogP contribution in [0, 0.1) is 41.9 Å². The van der Waals surface area contributed by atoms with Crippen LogP contribution in [-0.4, -0.2) is 148 Å². The number of amides is 6. The number of carbonyl (C=O) groups excluding carboxylic acids is 5. The van der Waals surface area contributed by atoms with Crippen LogP contribution in [0.3, 0.4) is 0 Å². The molecule has 5 aliphatic rings. The Balaban J connectivity index is 0.000000222. The van der Waals surface area contributed by atoms with E-state index in [9.17, 15) is 44.3 Å². The van der Waals surface area contributed by atoms with Gasteiger partial charge in [0.2, 0.25) is 29.5 Å². The van der Waals surface area contributed by atoms with Crippen LogP contribution in [0.1, 0.15) is 106 Å². The Bertz CT molecular complexity index is 2080. The highest BCUT2D eigenvalue weighted by atomic mass is 16.5. The van der Waals surface area contributed by atoms with E-state index in [1.165, 1.54) is 16.0 Å². The average molecular weight is 928 g/mol. The van der Waals surface area contributed by atoms with E-state index in [-0.39, 0.29) is 42.1 Å². The first-order chi connectivity index (χ1) is 32.2. The van der Waals surface area contributed by atoms with Gasteiger partial charge in [0.1, 0.15) is 0 Å². The number of carboxylic acid groups (broad SMARTS) is 1. The monoisotopic (exact) mass is 928 g/mol. The highest BCUT2D eigenvalue weighted by Crippen LogP contribution is 2.34. The number of hydrogen-bond acceptors (Lipinski definition) is 11. The van der Waals surface area contributed by atoms with E-state index in [1.807, 2.05) is 48.2 Å². The minimum atomic E-state index is -1.01. The first-order valence-electron chi connectivity index (χ1n) is 24.0. The van der Waals surface area contributed by atoms with Gasteiger partial charge in [0.15, 0.2) is 0 Å². The number of rotatable bonds is 11. The number of nitrogens with zero attached hydrogens (tertiary/aromatic N) is 5. The van der Waals surface area contributed by atoms with Gasteiger partial charge in [0.05, 0.1) is 35.6 Å². The fraction of sp³-hybridized carbons (Fsp3) is 0.612. The number of piperidine rings is 4. The minimum Gasteiger partial charge on any atom is -0.465 e. The highest BCUT2D eigenvalue weighted by molar-refractivity contribution is 5.91. The maximum absolute atomic E-state index is 13.4. The Hall–Kier alpha value is -5.61. The number of nitriles is 1. The number of hydroxylamine groups is 2. The molecule has 0 spiro atoms. The van der Waals surface area contributed by atoms with Crippen LogP contribution in [0.4, 0.5) is 4.79 Å². The number of benzene rings is 2. The lowest BCUT2D eigenvalue weighted by Gasteiger charge is -2.41. The van der Waals surface area contributed by atoms with Gasteiger partial charge < -0.3 is 35.3 Å². The molecule has 0 unspecified atom stereocenters. The highest BCUT2D eigenvalue weighted by Gasteiger charge is 2.44. The molecule has 7 N–H and O–H groups in total. The van der Waals surface area contributed by atoms with Crippen molar-refractivity contribution in [2.45, 2.75) is 109 Å². The Kier molecular flexibility index (Phi) is 18.1. The van der Waals surface area contributed by atoms with Gasteiger partial charge in [-0.1, -0.05) is 36.4 Å². The summed E-state index contributed by atoms with van der Waals surface area (Å²) in [5.74, 6) is -2.31. The minimum absolute atomic E-state index is 0.0560. The molecule has 5 heterocycles. The molecular formula is C49H69N9O9. The van der Waals surface area contributed by atoms with E-state index >= 15 is 0 Å². The molecule has 0 radical (unpaired) electrons. The molecule has 18 heteroatoms. The predicted molar refractivity (Wildman–Crippen MR) is 246 cm³/mol. The van der Waals surface area contributed by atoms with Gasteiger partial charge in [-0.2, -0.15) is 5.26 Å². The van der Waals surface area contributed by atoms with Crippen LogP contribution in [0.25, 0.3) is 0 Å². The summed E-state index contributed by atoms with van der Waals surface area (Å²) < 4.78 is 0. The first-order valence-corrected chi connectivity index (χ1v) is 24.0. The van der Waals surface area contributed by atoms with Crippen LogP contribution in [0.2, 0.25) is 0 Å². The van der Waals surface area contributed by atoms with Crippen molar-refractivity contribution in [3.8, 4) is 6.07 Å². The Morgan fingerprint density at radius 1 is 0.746 bits per heavy atom. The number of nitrogens with one attached hydrogen (secondary N) is 4. The van der Waals surface area contributed by atoms with E-state index in [1.54, 1.807) is 34.6 Å². The average Bonchev–Trinajstić information content (AvgIpc) is 3.91. The topological polar surface area (TPSA) is 248 Å². The third-order valence-corrected chi connectivity index (χ3v) is 14.6. The molecular weight excluding hydrogens is 859 g/mol. The molecule has 0 saturated carbocycles. The second-order valence-corrected chi connectivity index (χ2v) is 19.3. The van der Waals surface area contributed by atoms with Crippen molar-refractivity contribution in [3.05, 3.63) is 70.8 Å². The summed E-state index contributed by atoms with van der Waals surface area (Å²) in [6.45, 7) is 10.8. The lowest BCUT2D eigenvalue weighted by Crippen LogP contribution is -2.60. The molecule has 0 bridgehead atoms. The van der Waals surface area contributed by atoms with Crippen molar-refractivity contribution < 1.29 is 44.3 Å². The van der Waals surface area contributed by atoms with E-state index < -0.39 is 41.8 Å². The molecule has 7 rings (SSSR count). The number of aryl methyl sites for hydroxylation is 1. The molecule has 0 aliphatic carbocycles. The van der Waals surface area contributed by atoms with Crippen molar-refractivity contribution in [1.82, 2.24) is 41.2 Å². The number of likely N-dealkylation sites (tertiary alicyclic amines) is 3. The van der Waals surface area contributed by atoms with Gasteiger partial charge in [-0.05, 0) is 131 Å². The maximum atomic E-state index is 13.4. The van der Waals surface area contributed by atoms with Crippen LogP contribution in [-0.2, 0) is 24.0 Å². The molecule has 6 amide bonds. The van der Waals surface area contributed by atoms with Crippen molar-refractivity contribution in [2.75, 3.05) is 58.9 Å². The molecule has 2 aromatic rings. The van der Waals surface area contributed by atoms with Gasteiger partial charge in [-0.15, -0.1) is 0 Å². The largest absolute Gasteiger partial charge is 0.465 e. The quantitative estimate of drug-likeness (QED) is 0.126. The van der Waals surface area contributed by atoms with E-state index in [0.717, 1.165) is 57.2 Å². The molecule has 364 valence electrons. The van der Waals surface area contributed by atoms with Gasteiger partial charge in [0, 0.05) is 64.8 Å². The molecule has 5 aliphatic heterocycles. The summed E-state index contributed by atoms with van der Waals surface area (Å²) in [4.78, 5) is 82.5. The number of hydrogen-bond donors (Lipinski definition) is 7. The third kappa shape index (κ3) is 12.9. The zero-order chi connectivity index (χ0) is 48.2. The Morgan fingerprint density at radius 2 is 1.27 bits per heavy atom. The van der Waals surface area contributed by atoms with Crippen LogP contribution in [0.5, 0.6) is 0 Å². The van der Waals surface area contributed by atoms with Crippen molar-refractivity contribution in [1.29, 1.82) is 5.26 Å². The summed E-state index contributed by atoms with van der Waals surface area (Å²) in [7, 11) is 0. The Labute approximate surface area is 393 Å². The van der Waals surface area contributed by atoms with Crippen LogP contribution < -0.4 is 21.6 Å². The van der Waals surface area contributed by atoms with Crippen LogP contribution >= 0.6 is 0 Å². The van der Waals surface area contributed by atoms with E-state index in [0.29, 0.717) is 75.9 Å². The van der Waals surface area contributed by atoms with E-state index in [4.69, 9.17) is 5.26 Å². The molecule has 5 fully saturated rings. The lowest BCUT2D eigenvalue weighted by atomic mass is 9.81. The van der Waals surface area contributed by atoms with Crippen molar-refractivity contribution in [2.24, 2.45) is 23.7 Å².